The van der Waals surface area contributed by atoms with Crippen LogP contribution in [-0.4, -0.2) is 38.5 Å². The number of aryl methyl sites for hydroxylation is 1. The molecule has 2 aliphatic heterocycles. The molecule has 0 aliphatic carbocycles. The van der Waals surface area contributed by atoms with Crippen LogP contribution in [0.3, 0.4) is 0 Å². The number of carbonyl (C=O) groups is 4. The summed E-state index contributed by atoms with van der Waals surface area (Å²) in [5.41, 5.74) is 7.38. The van der Waals surface area contributed by atoms with Crippen LogP contribution in [0.2, 0.25) is 0 Å². The zero-order chi connectivity index (χ0) is 25.7. The van der Waals surface area contributed by atoms with Crippen LogP contribution in [0.5, 0.6) is 0 Å². The Balaban J connectivity index is 1.55. The van der Waals surface area contributed by atoms with Gasteiger partial charge in [-0.05, 0) is 36.8 Å². The SMILES string of the molecule is Cc1ccc(NC(=O)Cn2c3c(sc2=O)[C@@H](c2ccc(F)cc2)[C@H]2C(=O)N(C(N)=O)C(=O)[C@H]2S3)cc1. The quantitative estimate of drug-likeness (QED) is 0.503. The number of urea groups is 1. The van der Waals surface area contributed by atoms with Crippen LogP contribution in [0.25, 0.3) is 0 Å². The second-order valence-corrected chi connectivity index (χ2v) is 10.6. The average Bonchev–Trinajstić information content (AvgIpc) is 3.27. The number of anilines is 1. The number of hydrogen-bond acceptors (Lipinski definition) is 7. The molecule has 1 fully saturated rings. The molecule has 184 valence electrons. The lowest BCUT2D eigenvalue weighted by atomic mass is 9.83. The normalized spacial score (nSPS) is 20.7. The van der Waals surface area contributed by atoms with Gasteiger partial charge in [-0.3, -0.25) is 23.7 Å². The number of rotatable bonds is 4. The van der Waals surface area contributed by atoms with Gasteiger partial charge in [-0.15, -0.1) is 0 Å². The second kappa shape index (κ2) is 9.03. The van der Waals surface area contributed by atoms with Crippen LogP contribution < -0.4 is 15.9 Å². The minimum atomic E-state index is -1.18. The number of primary amides is 1. The molecule has 5 rings (SSSR count). The molecule has 0 unspecified atom stereocenters. The first-order valence-corrected chi connectivity index (χ1v) is 12.5. The number of carbonyl (C=O) groups excluding carboxylic acids is 4. The number of aromatic nitrogens is 1. The van der Waals surface area contributed by atoms with Crippen molar-refractivity contribution in [2.24, 2.45) is 11.7 Å². The number of imide groups is 3. The topological polar surface area (TPSA) is 132 Å². The molecule has 9 nitrogen and oxygen atoms in total. The highest BCUT2D eigenvalue weighted by molar-refractivity contribution is 8.00. The van der Waals surface area contributed by atoms with E-state index in [0.717, 1.165) is 28.7 Å². The van der Waals surface area contributed by atoms with Gasteiger partial charge in [-0.2, -0.15) is 4.90 Å². The Hall–Kier alpha value is -3.77. The summed E-state index contributed by atoms with van der Waals surface area (Å²) in [6, 6.07) is 11.3. The van der Waals surface area contributed by atoms with Crippen molar-refractivity contribution < 1.29 is 23.6 Å². The molecule has 0 spiro atoms. The fraction of sp³-hybridized carbons (Fsp3) is 0.208. The molecule has 0 saturated carbocycles. The van der Waals surface area contributed by atoms with Gasteiger partial charge in [0.1, 0.15) is 17.6 Å². The Bertz CT molecular complexity index is 1470. The van der Waals surface area contributed by atoms with Crippen molar-refractivity contribution in [2.45, 2.75) is 29.7 Å². The van der Waals surface area contributed by atoms with Crippen molar-refractivity contribution in [3.05, 3.63) is 80.0 Å². The zero-order valence-corrected chi connectivity index (χ0v) is 20.4. The van der Waals surface area contributed by atoms with Crippen molar-refractivity contribution >= 4 is 52.5 Å². The van der Waals surface area contributed by atoms with Crippen LogP contribution in [0.4, 0.5) is 14.9 Å². The third-order valence-corrected chi connectivity index (χ3v) is 8.74. The Morgan fingerprint density at radius 1 is 1.03 bits per heavy atom. The van der Waals surface area contributed by atoms with Crippen molar-refractivity contribution in [1.82, 2.24) is 9.47 Å². The first kappa shape index (κ1) is 23.9. The van der Waals surface area contributed by atoms with E-state index in [1.807, 2.05) is 19.1 Å². The Kier molecular flexibility index (Phi) is 6.00. The monoisotopic (exact) mass is 526 g/mol. The number of nitrogens with two attached hydrogens (primary N) is 1. The molecule has 12 heteroatoms. The van der Waals surface area contributed by atoms with Gasteiger partial charge in [0, 0.05) is 16.5 Å². The molecule has 3 atom stereocenters. The summed E-state index contributed by atoms with van der Waals surface area (Å²) in [6.07, 6.45) is 0. The van der Waals surface area contributed by atoms with E-state index in [4.69, 9.17) is 5.73 Å². The van der Waals surface area contributed by atoms with E-state index in [1.165, 1.54) is 28.8 Å². The van der Waals surface area contributed by atoms with Crippen molar-refractivity contribution in [3.63, 3.8) is 0 Å². The summed E-state index contributed by atoms with van der Waals surface area (Å²) in [5.74, 6) is -4.31. The maximum atomic E-state index is 13.6. The number of nitrogens with zero attached hydrogens (tertiary/aromatic N) is 2. The second-order valence-electron chi connectivity index (χ2n) is 8.48. The van der Waals surface area contributed by atoms with E-state index in [0.29, 0.717) is 26.1 Å². The number of thiazole rings is 1. The third-order valence-electron chi connectivity index (χ3n) is 6.14. The molecule has 1 aromatic heterocycles. The predicted octanol–water partition coefficient (Wildman–Crippen LogP) is 2.67. The summed E-state index contributed by atoms with van der Waals surface area (Å²) in [6.45, 7) is 1.60. The lowest BCUT2D eigenvalue weighted by Crippen LogP contribution is -2.41. The van der Waals surface area contributed by atoms with Crippen molar-refractivity contribution in [3.8, 4) is 0 Å². The standard InChI is InChI=1S/C24H19FN4O5S2/c1-11-2-8-14(9-3-11)27-15(30)10-28-22-19(36-24(28)34)16(12-4-6-13(25)7-5-12)17-18(35-22)21(32)29(20(17)31)23(26)33/h2-9,16-18H,10H2,1H3,(H2,26,33)(H,27,30)/t16-,17+,18-/m0/s1. The van der Waals surface area contributed by atoms with E-state index in [-0.39, 0.29) is 6.54 Å². The summed E-state index contributed by atoms with van der Waals surface area (Å²) in [5, 5.41) is 2.06. The molecular weight excluding hydrogens is 507 g/mol. The van der Waals surface area contributed by atoms with Gasteiger partial charge in [-0.25, -0.2) is 9.18 Å². The highest BCUT2D eigenvalue weighted by atomic mass is 32.2. The fourth-order valence-electron chi connectivity index (χ4n) is 4.48. The minimum absolute atomic E-state index is 0.319. The molecule has 1 saturated heterocycles. The first-order valence-electron chi connectivity index (χ1n) is 10.8. The summed E-state index contributed by atoms with van der Waals surface area (Å²) in [4.78, 5) is 64.2. The van der Waals surface area contributed by atoms with Crippen LogP contribution >= 0.6 is 23.1 Å². The number of nitrogens with one attached hydrogen (secondary N) is 1. The molecule has 2 aromatic carbocycles. The van der Waals surface area contributed by atoms with Crippen LogP contribution in [0.15, 0.2) is 58.4 Å². The molecule has 2 aliphatic rings. The predicted molar refractivity (Wildman–Crippen MR) is 131 cm³/mol. The number of amides is 5. The van der Waals surface area contributed by atoms with Gasteiger partial charge in [0.25, 0.3) is 5.91 Å². The molecule has 0 radical (unpaired) electrons. The first-order chi connectivity index (χ1) is 17.2. The Morgan fingerprint density at radius 3 is 2.33 bits per heavy atom. The van der Waals surface area contributed by atoms with E-state index in [2.05, 4.69) is 5.32 Å². The van der Waals surface area contributed by atoms with Crippen molar-refractivity contribution in [2.75, 3.05) is 5.32 Å². The van der Waals surface area contributed by atoms with Crippen LogP contribution in [0.1, 0.15) is 21.9 Å². The van der Waals surface area contributed by atoms with E-state index < -0.39 is 51.5 Å². The van der Waals surface area contributed by atoms with Gasteiger partial charge in [0.05, 0.1) is 10.9 Å². The molecule has 3 aromatic rings. The van der Waals surface area contributed by atoms with E-state index in [1.54, 1.807) is 12.1 Å². The average molecular weight is 527 g/mol. The minimum Gasteiger partial charge on any atom is -0.351 e. The largest absolute Gasteiger partial charge is 0.351 e. The summed E-state index contributed by atoms with van der Waals surface area (Å²) in [7, 11) is 0. The van der Waals surface area contributed by atoms with Crippen molar-refractivity contribution in [1.29, 1.82) is 0 Å². The number of benzene rings is 2. The van der Waals surface area contributed by atoms with Gasteiger partial charge in [-0.1, -0.05) is 52.9 Å². The highest BCUT2D eigenvalue weighted by Gasteiger charge is 2.57. The number of thioether (sulfide) groups is 1. The molecule has 0 bridgehead atoms. The Labute approximate surface area is 212 Å². The number of halogens is 1. The maximum absolute atomic E-state index is 13.6. The lowest BCUT2D eigenvalue weighted by Gasteiger charge is -2.30. The summed E-state index contributed by atoms with van der Waals surface area (Å²) >= 11 is 1.81. The third kappa shape index (κ3) is 4.01. The smallest absolute Gasteiger partial charge is 0.328 e. The van der Waals surface area contributed by atoms with Gasteiger partial charge < -0.3 is 11.1 Å². The molecule has 3 heterocycles. The molecular formula is C24H19FN4O5S2. The van der Waals surface area contributed by atoms with E-state index >= 15 is 0 Å². The molecule has 3 N–H and O–H groups in total. The lowest BCUT2D eigenvalue weighted by molar-refractivity contribution is -0.135. The highest BCUT2D eigenvalue weighted by Crippen LogP contribution is 2.53. The van der Waals surface area contributed by atoms with Gasteiger partial charge in [0.2, 0.25) is 11.8 Å². The fourth-order valence-corrected chi connectivity index (χ4v) is 7.26. The van der Waals surface area contributed by atoms with Gasteiger partial charge >= 0.3 is 10.9 Å². The molecule has 5 amide bonds. The van der Waals surface area contributed by atoms with E-state index in [9.17, 15) is 28.4 Å². The van der Waals surface area contributed by atoms with Crippen LogP contribution in [0, 0.1) is 18.7 Å². The summed E-state index contributed by atoms with van der Waals surface area (Å²) < 4.78 is 14.9. The Morgan fingerprint density at radius 2 is 1.69 bits per heavy atom. The number of hydrogen-bond donors (Lipinski definition) is 2. The number of likely N-dealkylation sites (tertiary alicyclic amines) is 1. The zero-order valence-electron chi connectivity index (χ0n) is 18.8. The van der Waals surface area contributed by atoms with Gasteiger partial charge in [0.15, 0.2) is 0 Å². The van der Waals surface area contributed by atoms with Crippen LogP contribution in [-0.2, 0) is 20.9 Å². The maximum Gasteiger partial charge on any atom is 0.328 e. The number of fused-ring (bicyclic) bond motifs is 2. The molecule has 36 heavy (non-hydrogen) atoms.